The highest BCUT2D eigenvalue weighted by Crippen LogP contribution is 2.14. The molecule has 0 saturated carbocycles. The molecule has 1 N–H and O–H groups in total. The van der Waals surface area contributed by atoms with Crippen molar-refractivity contribution in [2.45, 2.75) is 45.8 Å². The first kappa shape index (κ1) is 21.0. The van der Waals surface area contributed by atoms with Crippen molar-refractivity contribution in [3.63, 3.8) is 0 Å². The number of nitrogens with one attached hydrogen (secondary N) is 1. The van der Waals surface area contributed by atoms with Gasteiger partial charge in [-0.1, -0.05) is 54.6 Å². The summed E-state index contributed by atoms with van der Waals surface area (Å²) in [5.41, 5.74) is 3.04. The van der Waals surface area contributed by atoms with E-state index in [4.69, 9.17) is 9.47 Å². The quantitative estimate of drug-likeness (QED) is 0.735. The van der Waals surface area contributed by atoms with Crippen LogP contribution < -0.4 is 4.72 Å². The number of nitrogens with zero attached hydrogens (tertiary/aromatic N) is 1. The van der Waals surface area contributed by atoms with E-state index in [2.05, 4.69) is 4.72 Å². The van der Waals surface area contributed by atoms with Gasteiger partial charge in [-0.3, -0.25) is 0 Å². The second-order valence-corrected chi connectivity index (χ2v) is 8.95. The Labute approximate surface area is 167 Å². The molecular weight excluding hydrogens is 376 g/mol. The fraction of sp³-hybridized carbons (Fsp3) is 0.429. The lowest BCUT2D eigenvalue weighted by molar-refractivity contribution is -0.0444. The maximum Gasteiger partial charge on any atom is 0.279 e. The van der Waals surface area contributed by atoms with Gasteiger partial charge in [-0.25, -0.2) is 0 Å². The standard InChI is InChI=1S/C21H28N2O4S/c1-17-13-23(14-18(2)27-17)28(24,25)22-12-20-9-6-10-21(11-20)16-26-15-19-7-4-3-5-8-19/h3-11,17-18,22H,12-16H2,1-2H3. The molecule has 1 aliphatic rings. The molecule has 28 heavy (non-hydrogen) atoms. The Bertz CT molecular complexity index is 848. The average Bonchev–Trinajstić information content (AvgIpc) is 2.67. The van der Waals surface area contributed by atoms with Crippen LogP contribution in [-0.2, 0) is 39.4 Å². The second kappa shape index (κ2) is 9.62. The van der Waals surface area contributed by atoms with Crippen molar-refractivity contribution in [1.29, 1.82) is 0 Å². The highest BCUT2D eigenvalue weighted by Gasteiger charge is 2.30. The van der Waals surface area contributed by atoms with E-state index in [1.807, 2.05) is 68.4 Å². The summed E-state index contributed by atoms with van der Waals surface area (Å²) in [6.45, 7) is 5.78. The Balaban J connectivity index is 1.52. The lowest BCUT2D eigenvalue weighted by Crippen LogP contribution is -2.51. The Hall–Kier alpha value is -1.77. The Morgan fingerprint density at radius 2 is 1.57 bits per heavy atom. The van der Waals surface area contributed by atoms with E-state index < -0.39 is 10.2 Å². The van der Waals surface area contributed by atoms with Crippen LogP contribution in [0.2, 0.25) is 0 Å². The van der Waals surface area contributed by atoms with Crippen LogP contribution >= 0.6 is 0 Å². The minimum absolute atomic E-state index is 0.106. The van der Waals surface area contributed by atoms with E-state index in [0.29, 0.717) is 26.3 Å². The summed E-state index contributed by atoms with van der Waals surface area (Å²) in [5.74, 6) is 0. The molecule has 0 bridgehead atoms. The summed E-state index contributed by atoms with van der Waals surface area (Å²) < 4.78 is 40.7. The topological polar surface area (TPSA) is 67.9 Å². The minimum atomic E-state index is -3.54. The van der Waals surface area contributed by atoms with Crippen LogP contribution in [-0.4, -0.2) is 38.0 Å². The molecule has 1 aliphatic heterocycles. The van der Waals surface area contributed by atoms with Crippen molar-refractivity contribution >= 4 is 10.2 Å². The number of hydrogen-bond donors (Lipinski definition) is 1. The van der Waals surface area contributed by atoms with E-state index in [1.54, 1.807) is 0 Å². The van der Waals surface area contributed by atoms with Gasteiger partial charge < -0.3 is 9.47 Å². The van der Waals surface area contributed by atoms with Crippen LogP contribution in [0.15, 0.2) is 54.6 Å². The monoisotopic (exact) mass is 404 g/mol. The van der Waals surface area contributed by atoms with E-state index in [9.17, 15) is 8.42 Å². The molecule has 1 fully saturated rings. The lowest BCUT2D eigenvalue weighted by Gasteiger charge is -2.34. The molecule has 0 spiro atoms. The van der Waals surface area contributed by atoms with Gasteiger partial charge in [-0.2, -0.15) is 17.4 Å². The van der Waals surface area contributed by atoms with Crippen molar-refractivity contribution in [2.24, 2.45) is 0 Å². The van der Waals surface area contributed by atoms with Crippen LogP contribution in [0.3, 0.4) is 0 Å². The largest absolute Gasteiger partial charge is 0.373 e. The second-order valence-electron chi connectivity index (χ2n) is 7.20. The molecule has 2 atom stereocenters. The predicted octanol–water partition coefficient (Wildman–Crippen LogP) is 2.85. The number of morpholine rings is 1. The fourth-order valence-corrected chi connectivity index (χ4v) is 4.63. The molecule has 0 aromatic heterocycles. The molecule has 152 valence electrons. The number of hydrogen-bond acceptors (Lipinski definition) is 4. The van der Waals surface area contributed by atoms with Gasteiger partial charge in [-0.05, 0) is 30.5 Å². The van der Waals surface area contributed by atoms with Gasteiger partial charge in [0.25, 0.3) is 10.2 Å². The Morgan fingerprint density at radius 3 is 2.29 bits per heavy atom. The smallest absolute Gasteiger partial charge is 0.279 e. The Morgan fingerprint density at radius 1 is 0.964 bits per heavy atom. The highest BCUT2D eigenvalue weighted by atomic mass is 32.2. The maximum atomic E-state index is 12.6. The van der Waals surface area contributed by atoms with Gasteiger partial charge in [-0.15, -0.1) is 0 Å². The first-order chi connectivity index (χ1) is 13.4. The third kappa shape index (κ3) is 6.12. The molecule has 2 aromatic rings. The summed E-state index contributed by atoms with van der Waals surface area (Å²) in [6, 6.07) is 17.8. The zero-order chi connectivity index (χ0) is 20.0. The third-order valence-electron chi connectivity index (χ3n) is 4.56. The summed E-state index contributed by atoms with van der Waals surface area (Å²) in [6.07, 6.45) is -0.212. The minimum Gasteiger partial charge on any atom is -0.373 e. The molecule has 0 aliphatic carbocycles. The van der Waals surface area contributed by atoms with E-state index in [-0.39, 0.29) is 18.8 Å². The van der Waals surface area contributed by atoms with Crippen LogP contribution in [0, 0.1) is 0 Å². The molecule has 1 heterocycles. The normalized spacial score (nSPS) is 20.9. The maximum absolute atomic E-state index is 12.6. The molecule has 3 rings (SSSR count). The fourth-order valence-electron chi connectivity index (χ4n) is 3.28. The predicted molar refractivity (Wildman–Crippen MR) is 109 cm³/mol. The molecule has 0 amide bonds. The molecule has 6 nitrogen and oxygen atoms in total. The lowest BCUT2D eigenvalue weighted by atomic mass is 10.1. The van der Waals surface area contributed by atoms with Crippen LogP contribution in [0.4, 0.5) is 0 Å². The van der Waals surface area contributed by atoms with Crippen LogP contribution in [0.25, 0.3) is 0 Å². The molecule has 0 radical (unpaired) electrons. The van der Waals surface area contributed by atoms with Crippen molar-refractivity contribution in [3.8, 4) is 0 Å². The van der Waals surface area contributed by atoms with Gasteiger partial charge in [0.1, 0.15) is 0 Å². The molecule has 2 unspecified atom stereocenters. The van der Waals surface area contributed by atoms with E-state index in [0.717, 1.165) is 16.7 Å². The van der Waals surface area contributed by atoms with E-state index >= 15 is 0 Å². The SMILES string of the molecule is CC1CN(S(=O)(=O)NCc2cccc(COCc3ccccc3)c2)CC(C)O1. The van der Waals surface area contributed by atoms with Crippen LogP contribution in [0.5, 0.6) is 0 Å². The van der Waals surface area contributed by atoms with Crippen molar-refractivity contribution in [3.05, 3.63) is 71.3 Å². The van der Waals surface area contributed by atoms with Gasteiger partial charge in [0.15, 0.2) is 0 Å². The van der Waals surface area contributed by atoms with Gasteiger partial charge in [0.2, 0.25) is 0 Å². The number of benzene rings is 2. The van der Waals surface area contributed by atoms with Crippen molar-refractivity contribution in [1.82, 2.24) is 9.03 Å². The summed E-state index contributed by atoms with van der Waals surface area (Å²) in [4.78, 5) is 0. The van der Waals surface area contributed by atoms with Gasteiger partial charge in [0, 0.05) is 19.6 Å². The number of rotatable bonds is 8. The van der Waals surface area contributed by atoms with Crippen LogP contribution in [0.1, 0.15) is 30.5 Å². The average molecular weight is 405 g/mol. The zero-order valence-electron chi connectivity index (χ0n) is 16.4. The zero-order valence-corrected chi connectivity index (χ0v) is 17.2. The Kier molecular flexibility index (Phi) is 7.20. The molecule has 7 heteroatoms. The van der Waals surface area contributed by atoms with Crippen molar-refractivity contribution in [2.75, 3.05) is 13.1 Å². The first-order valence-electron chi connectivity index (χ1n) is 9.52. The summed E-state index contributed by atoms with van der Waals surface area (Å²) >= 11 is 0. The third-order valence-corrected chi connectivity index (χ3v) is 6.04. The van der Waals surface area contributed by atoms with Gasteiger partial charge in [0.05, 0.1) is 25.4 Å². The number of ether oxygens (including phenoxy) is 2. The molecule has 2 aromatic carbocycles. The van der Waals surface area contributed by atoms with Crippen molar-refractivity contribution < 1.29 is 17.9 Å². The van der Waals surface area contributed by atoms with E-state index in [1.165, 1.54) is 4.31 Å². The first-order valence-corrected chi connectivity index (χ1v) is 11.0. The highest BCUT2D eigenvalue weighted by molar-refractivity contribution is 7.87. The molecule has 1 saturated heterocycles. The summed E-state index contributed by atoms with van der Waals surface area (Å²) in [5, 5.41) is 0. The summed E-state index contributed by atoms with van der Waals surface area (Å²) in [7, 11) is -3.54. The van der Waals surface area contributed by atoms with Gasteiger partial charge >= 0.3 is 0 Å². The molecular formula is C21H28N2O4S.